The Morgan fingerprint density at radius 3 is 2.57 bits per heavy atom. The summed E-state index contributed by atoms with van der Waals surface area (Å²) in [6, 6.07) is 10.7. The molecule has 4 heteroatoms. The summed E-state index contributed by atoms with van der Waals surface area (Å²) >= 11 is 0. The summed E-state index contributed by atoms with van der Waals surface area (Å²) in [4.78, 5) is 0. The standard InChI is InChI=1S/C19H31NO3/c1-15(19(2,3)16-7-5-4-6-8-16)20-13-17(21)14-23-18-9-11-22-12-10-18/h4-8,15,17-18,20-21H,9-14H2,1-3H3. The molecule has 1 aromatic carbocycles. The fraction of sp³-hybridized carbons (Fsp3) is 0.684. The molecule has 0 saturated carbocycles. The molecule has 2 rings (SSSR count). The van der Waals surface area contributed by atoms with Crippen molar-refractivity contribution in [2.45, 2.75) is 57.3 Å². The lowest BCUT2D eigenvalue weighted by atomic mass is 9.78. The fourth-order valence-corrected chi connectivity index (χ4v) is 2.83. The molecule has 2 atom stereocenters. The summed E-state index contributed by atoms with van der Waals surface area (Å²) < 4.78 is 11.1. The molecule has 0 bridgehead atoms. The van der Waals surface area contributed by atoms with Gasteiger partial charge in [0.1, 0.15) is 0 Å². The molecule has 1 aliphatic rings. The van der Waals surface area contributed by atoms with E-state index in [2.05, 4.69) is 50.4 Å². The van der Waals surface area contributed by atoms with Crippen LogP contribution in [0.5, 0.6) is 0 Å². The van der Waals surface area contributed by atoms with Gasteiger partial charge in [0.25, 0.3) is 0 Å². The molecule has 4 nitrogen and oxygen atoms in total. The lowest BCUT2D eigenvalue weighted by Crippen LogP contribution is -2.46. The summed E-state index contributed by atoms with van der Waals surface area (Å²) in [5, 5.41) is 13.6. The van der Waals surface area contributed by atoms with Gasteiger partial charge < -0.3 is 19.9 Å². The minimum Gasteiger partial charge on any atom is -0.389 e. The van der Waals surface area contributed by atoms with Crippen LogP contribution in [0, 0.1) is 0 Å². The highest BCUT2D eigenvalue weighted by Crippen LogP contribution is 2.26. The third-order valence-electron chi connectivity index (χ3n) is 4.95. The van der Waals surface area contributed by atoms with Crippen LogP contribution in [0.1, 0.15) is 39.2 Å². The van der Waals surface area contributed by atoms with Gasteiger partial charge in [-0.15, -0.1) is 0 Å². The van der Waals surface area contributed by atoms with Crippen molar-refractivity contribution in [2.75, 3.05) is 26.4 Å². The highest BCUT2D eigenvalue weighted by atomic mass is 16.5. The second-order valence-corrected chi connectivity index (χ2v) is 7.02. The van der Waals surface area contributed by atoms with Crippen molar-refractivity contribution in [1.82, 2.24) is 5.32 Å². The molecule has 1 fully saturated rings. The predicted molar refractivity (Wildman–Crippen MR) is 92.7 cm³/mol. The van der Waals surface area contributed by atoms with Crippen LogP contribution in [0.3, 0.4) is 0 Å². The molecule has 23 heavy (non-hydrogen) atoms. The SMILES string of the molecule is CC(NCC(O)COC1CCOCC1)C(C)(C)c1ccccc1. The number of rotatable bonds is 8. The van der Waals surface area contributed by atoms with Gasteiger partial charge in [0, 0.05) is 31.2 Å². The molecule has 2 unspecified atom stereocenters. The molecule has 0 aromatic heterocycles. The molecule has 0 amide bonds. The number of nitrogens with one attached hydrogen (secondary N) is 1. The molecule has 0 radical (unpaired) electrons. The summed E-state index contributed by atoms with van der Waals surface area (Å²) in [7, 11) is 0. The molecule has 1 heterocycles. The van der Waals surface area contributed by atoms with E-state index in [1.165, 1.54) is 5.56 Å². The van der Waals surface area contributed by atoms with Gasteiger partial charge in [-0.05, 0) is 25.3 Å². The molecule has 1 aliphatic heterocycles. The highest BCUT2D eigenvalue weighted by Gasteiger charge is 2.28. The molecule has 2 N–H and O–H groups in total. The molecule has 130 valence electrons. The van der Waals surface area contributed by atoms with Crippen LogP contribution in [-0.4, -0.2) is 49.7 Å². The monoisotopic (exact) mass is 321 g/mol. The Bertz CT molecular complexity index is 443. The number of ether oxygens (including phenoxy) is 2. The van der Waals surface area contributed by atoms with Crippen LogP contribution < -0.4 is 5.32 Å². The van der Waals surface area contributed by atoms with Gasteiger partial charge in [0.05, 0.1) is 18.8 Å². The van der Waals surface area contributed by atoms with Crippen molar-refractivity contribution in [3.8, 4) is 0 Å². The van der Waals surface area contributed by atoms with Gasteiger partial charge in [-0.1, -0.05) is 44.2 Å². The molecule has 0 aliphatic carbocycles. The number of aliphatic hydroxyl groups is 1. The van der Waals surface area contributed by atoms with Crippen LogP contribution in [-0.2, 0) is 14.9 Å². The van der Waals surface area contributed by atoms with E-state index in [1.807, 2.05) is 6.07 Å². The van der Waals surface area contributed by atoms with E-state index in [-0.39, 0.29) is 17.6 Å². The molecule has 0 spiro atoms. The van der Waals surface area contributed by atoms with Gasteiger partial charge in [-0.25, -0.2) is 0 Å². The zero-order valence-corrected chi connectivity index (χ0v) is 14.6. The minimum atomic E-state index is -0.480. The summed E-state index contributed by atoms with van der Waals surface area (Å²) in [5.41, 5.74) is 1.30. The normalized spacial score (nSPS) is 19.5. The average molecular weight is 321 g/mol. The Hall–Kier alpha value is -0.940. The molecule has 1 aromatic rings. The van der Waals surface area contributed by atoms with Gasteiger partial charge in [-0.2, -0.15) is 0 Å². The van der Waals surface area contributed by atoms with Gasteiger partial charge in [0.15, 0.2) is 0 Å². The van der Waals surface area contributed by atoms with Crippen molar-refractivity contribution in [3.63, 3.8) is 0 Å². The Kier molecular flexibility index (Phi) is 7.03. The quantitative estimate of drug-likeness (QED) is 0.772. The first-order chi connectivity index (χ1) is 11.0. The lowest BCUT2D eigenvalue weighted by molar-refractivity contribution is -0.0590. The van der Waals surface area contributed by atoms with Gasteiger partial charge in [-0.3, -0.25) is 0 Å². The first-order valence-corrected chi connectivity index (χ1v) is 8.66. The Morgan fingerprint density at radius 2 is 1.91 bits per heavy atom. The molecule has 1 saturated heterocycles. The lowest BCUT2D eigenvalue weighted by Gasteiger charge is -2.34. The maximum Gasteiger partial charge on any atom is 0.0897 e. The number of aliphatic hydroxyl groups excluding tert-OH is 1. The van der Waals surface area contributed by atoms with E-state index >= 15 is 0 Å². The minimum absolute atomic E-state index is 0.00253. The summed E-state index contributed by atoms with van der Waals surface area (Å²) in [6.07, 6.45) is 1.61. The van der Waals surface area contributed by atoms with Crippen LogP contribution in [0.15, 0.2) is 30.3 Å². The van der Waals surface area contributed by atoms with Crippen LogP contribution >= 0.6 is 0 Å². The van der Waals surface area contributed by atoms with Crippen LogP contribution in [0.2, 0.25) is 0 Å². The van der Waals surface area contributed by atoms with Crippen LogP contribution in [0.4, 0.5) is 0 Å². The summed E-state index contributed by atoms with van der Waals surface area (Å²) in [5.74, 6) is 0. The second kappa shape index (κ2) is 8.78. The van der Waals surface area contributed by atoms with E-state index in [1.54, 1.807) is 0 Å². The smallest absolute Gasteiger partial charge is 0.0897 e. The van der Waals surface area contributed by atoms with E-state index in [9.17, 15) is 5.11 Å². The number of hydrogen-bond acceptors (Lipinski definition) is 4. The highest BCUT2D eigenvalue weighted by molar-refractivity contribution is 5.25. The molecular formula is C19H31NO3. The van der Waals surface area contributed by atoms with Crippen molar-refractivity contribution < 1.29 is 14.6 Å². The summed E-state index contributed by atoms with van der Waals surface area (Å²) in [6.45, 7) is 9.08. The Labute approximate surface area is 140 Å². The van der Waals surface area contributed by atoms with Crippen molar-refractivity contribution in [1.29, 1.82) is 0 Å². The van der Waals surface area contributed by atoms with Crippen molar-refractivity contribution in [3.05, 3.63) is 35.9 Å². The topological polar surface area (TPSA) is 50.7 Å². The van der Waals surface area contributed by atoms with Gasteiger partial charge in [0.2, 0.25) is 0 Å². The van der Waals surface area contributed by atoms with E-state index in [4.69, 9.17) is 9.47 Å². The zero-order chi connectivity index (χ0) is 16.7. The maximum absolute atomic E-state index is 10.1. The third-order valence-corrected chi connectivity index (χ3v) is 4.95. The third kappa shape index (κ3) is 5.57. The number of benzene rings is 1. The van der Waals surface area contributed by atoms with E-state index in [0.717, 1.165) is 26.1 Å². The van der Waals surface area contributed by atoms with Gasteiger partial charge >= 0.3 is 0 Å². The van der Waals surface area contributed by atoms with Crippen LogP contribution in [0.25, 0.3) is 0 Å². The average Bonchev–Trinajstić information content (AvgIpc) is 2.59. The predicted octanol–water partition coefficient (Wildman–Crippen LogP) is 2.50. The second-order valence-electron chi connectivity index (χ2n) is 7.02. The largest absolute Gasteiger partial charge is 0.389 e. The molecular weight excluding hydrogens is 290 g/mol. The number of hydrogen-bond donors (Lipinski definition) is 2. The zero-order valence-electron chi connectivity index (χ0n) is 14.6. The first-order valence-electron chi connectivity index (χ1n) is 8.66. The first kappa shape index (κ1) is 18.4. The van der Waals surface area contributed by atoms with Crippen molar-refractivity contribution in [2.24, 2.45) is 0 Å². The van der Waals surface area contributed by atoms with Crippen molar-refractivity contribution >= 4 is 0 Å². The fourth-order valence-electron chi connectivity index (χ4n) is 2.83. The Morgan fingerprint density at radius 1 is 1.26 bits per heavy atom. The van der Waals surface area contributed by atoms with E-state index < -0.39 is 6.10 Å². The Balaban J connectivity index is 1.73. The maximum atomic E-state index is 10.1. The van der Waals surface area contributed by atoms with E-state index in [0.29, 0.717) is 13.2 Å².